The zero-order valence-electron chi connectivity index (χ0n) is 9.90. The van der Waals surface area contributed by atoms with E-state index in [1.54, 1.807) is 7.05 Å². The Morgan fingerprint density at radius 1 is 1.44 bits per heavy atom. The van der Waals surface area contributed by atoms with Crippen molar-refractivity contribution in [3.63, 3.8) is 0 Å². The maximum atomic E-state index is 5.55. The van der Waals surface area contributed by atoms with Crippen molar-refractivity contribution in [3.05, 3.63) is 29.8 Å². The molecule has 0 amide bonds. The van der Waals surface area contributed by atoms with Crippen molar-refractivity contribution in [3.8, 4) is 0 Å². The quantitative estimate of drug-likeness (QED) is 0.499. The lowest BCUT2D eigenvalue weighted by atomic mass is 10.2. The van der Waals surface area contributed by atoms with Gasteiger partial charge in [-0.05, 0) is 17.7 Å². The van der Waals surface area contributed by atoms with Gasteiger partial charge in [-0.1, -0.05) is 12.1 Å². The Bertz CT molecular complexity index is 350. The minimum Gasteiger partial charge on any atom is -0.378 e. The molecule has 0 saturated heterocycles. The van der Waals surface area contributed by atoms with E-state index in [1.165, 1.54) is 11.3 Å². The van der Waals surface area contributed by atoms with E-state index in [1.807, 2.05) is 20.2 Å². The first-order valence-electron chi connectivity index (χ1n) is 4.86. The molecule has 4 nitrogen and oxygen atoms in total. The smallest absolute Gasteiger partial charge is 0.188 e. The van der Waals surface area contributed by atoms with Crippen LogP contribution in [0.3, 0.4) is 0 Å². The number of rotatable bonds is 3. The van der Waals surface area contributed by atoms with Crippen molar-refractivity contribution in [2.75, 3.05) is 26.0 Å². The van der Waals surface area contributed by atoms with Gasteiger partial charge in [0.15, 0.2) is 5.96 Å². The van der Waals surface area contributed by atoms with Gasteiger partial charge in [0.1, 0.15) is 0 Å². The highest BCUT2D eigenvalue weighted by atomic mass is 127. The molecule has 0 atom stereocenters. The van der Waals surface area contributed by atoms with Gasteiger partial charge < -0.3 is 16.0 Å². The largest absolute Gasteiger partial charge is 0.378 e. The predicted molar refractivity (Wildman–Crippen MR) is 80.6 cm³/mol. The van der Waals surface area contributed by atoms with Gasteiger partial charge in [-0.25, -0.2) is 0 Å². The fraction of sp³-hybridized carbons (Fsp3) is 0.364. The molecular formula is C11H19IN4. The molecule has 0 aliphatic rings. The second-order valence-electron chi connectivity index (χ2n) is 3.53. The third-order valence-corrected chi connectivity index (χ3v) is 2.14. The van der Waals surface area contributed by atoms with E-state index < -0.39 is 0 Å². The molecule has 1 rings (SSSR count). The first-order chi connectivity index (χ1) is 7.13. The minimum absolute atomic E-state index is 0. The van der Waals surface area contributed by atoms with Crippen molar-refractivity contribution in [1.82, 2.24) is 5.32 Å². The summed E-state index contributed by atoms with van der Waals surface area (Å²) in [6, 6.07) is 8.28. The summed E-state index contributed by atoms with van der Waals surface area (Å²) in [5.41, 5.74) is 7.92. The fourth-order valence-corrected chi connectivity index (χ4v) is 1.22. The maximum Gasteiger partial charge on any atom is 0.188 e. The predicted octanol–water partition coefficient (Wildman–Crippen LogP) is 1.40. The number of halogens is 1. The Kier molecular flexibility index (Phi) is 6.87. The summed E-state index contributed by atoms with van der Waals surface area (Å²) in [5, 5.41) is 3.02. The molecule has 0 saturated carbocycles. The number of nitrogens with one attached hydrogen (secondary N) is 1. The first kappa shape index (κ1) is 15.0. The van der Waals surface area contributed by atoms with Crippen LogP contribution in [0, 0.1) is 0 Å². The third kappa shape index (κ3) is 4.69. The van der Waals surface area contributed by atoms with Crippen molar-refractivity contribution in [2.24, 2.45) is 10.7 Å². The number of nitrogens with zero attached hydrogens (tertiary/aromatic N) is 2. The van der Waals surface area contributed by atoms with Gasteiger partial charge >= 0.3 is 0 Å². The van der Waals surface area contributed by atoms with Gasteiger partial charge in [-0.3, -0.25) is 4.99 Å². The molecule has 1 aromatic carbocycles. The highest BCUT2D eigenvalue weighted by molar-refractivity contribution is 14.0. The van der Waals surface area contributed by atoms with E-state index in [9.17, 15) is 0 Å². The fourth-order valence-electron chi connectivity index (χ4n) is 1.22. The summed E-state index contributed by atoms with van der Waals surface area (Å²) in [6.07, 6.45) is 0. The molecule has 3 N–H and O–H groups in total. The molecule has 5 heteroatoms. The molecule has 0 aliphatic carbocycles. The van der Waals surface area contributed by atoms with Crippen molar-refractivity contribution >= 4 is 35.6 Å². The van der Waals surface area contributed by atoms with E-state index in [0.717, 1.165) is 0 Å². The summed E-state index contributed by atoms with van der Waals surface area (Å²) in [5.74, 6) is 0.463. The average Bonchev–Trinajstić information content (AvgIpc) is 2.26. The van der Waals surface area contributed by atoms with Crippen LogP contribution in [-0.2, 0) is 6.54 Å². The van der Waals surface area contributed by atoms with Crippen molar-refractivity contribution in [2.45, 2.75) is 6.54 Å². The van der Waals surface area contributed by atoms with E-state index in [2.05, 4.69) is 33.4 Å². The molecular weight excluding hydrogens is 315 g/mol. The van der Waals surface area contributed by atoms with Crippen LogP contribution < -0.4 is 16.0 Å². The zero-order valence-corrected chi connectivity index (χ0v) is 12.2. The molecule has 0 aromatic heterocycles. The SMILES string of the molecule is CN=C(N)NCc1cccc(N(C)C)c1.I. The maximum absolute atomic E-state index is 5.55. The minimum atomic E-state index is 0. The number of benzene rings is 1. The van der Waals surface area contributed by atoms with Gasteiger partial charge in [0.2, 0.25) is 0 Å². The molecule has 0 fully saturated rings. The molecule has 0 heterocycles. The summed E-state index contributed by atoms with van der Waals surface area (Å²) in [6.45, 7) is 0.699. The van der Waals surface area contributed by atoms with E-state index in [-0.39, 0.29) is 24.0 Å². The number of hydrogen-bond donors (Lipinski definition) is 2. The Labute approximate surface area is 114 Å². The summed E-state index contributed by atoms with van der Waals surface area (Å²) in [4.78, 5) is 5.90. The van der Waals surface area contributed by atoms with Crippen LogP contribution in [0.15, 0.2) is 29.3 Å². The summed E-state index contributed by atoms with van der Waals surface area (Å²) >= 11 is 0. The molecule has 0 unspecified atom stereocenters. The van der Waals surface area contributed by atoms with Crippen LogP contribution in [0.4, 0.5) is 5.69 Å². The van der Waals surface area contributed by atoms with Crippen LogP contribution in [0.25, 0.3) is 0 Å². The second-order valence-corrected chi connectivity index (χ2v) is 3.53. The summed E-state index contributed by atoms with van der Waals surface area (Å²) in [7, 11) is 5.71. The zero-order chi connectivity index (χ0) is 11.3. The van der Waals surface area contributed by atoms with Crippen LogP contribution in [0.5, 0.6) is 0 Å². The van der Waals surface area contributed by atoms with Gasteiger partial charge in [0, 0.05) is 33.4 Å². The molecule has 0 bridgehead atoms. The number of nitrogens with two attached hydrogens (primary N) is 1. The van der Waals surface area contributed by atoms with Crippen molar-refractivity contribution in [1.29, 1.82) is 0 Å². The lowest BCUT2D eigenvalue weighted by Gasteiger charge is -2.13. The Balaban J connectivity index is 0.00000225. The molecule has 90 valence electrons. The van der Waals surface area contributed by atoms with Gasteiger partial charge in [0.05, 0.1) is 0 Å². The first-order valence-corrected chi connectivity index (χ1v) is 4.86. The average molecular weight is 334 g/mol. The summed E-state index contributed by atoms with van der Waals surface area (Å²) < 4.78 is 0. The Hall–Kier alpha value is -0.980. The number of hydrogen-bond acceptors (Lipinski definition) is 2. The van der Waals surface area contributed by atoms with Gasteiger partial charge in [0.25, 0.3) is 0 Å². The lowest BCUT2D eigenvalue weighted by molar-refractivity contribution is 0.899. The van der Waals surface area contributed by atoms with E-state index in [4.69, 9.17) is 5.73 Å². The molecule has 16 heavy (non-hydrogen) atoms. The van der Waals surface area contributed by atoms with Crippen LogP contribution in [0.2, 0.25) is 0 Å². The number of aliphatic imine (C=N–C) groups is 1. The molecule has 0 spiro atoms. The standard InChI is InChI=1S/C11H18N4.HI/c1-13-11(12)14-8-9-5-4-6-10(7-9)15(2)3;/h4-7H,8H2,1-3H3,(H3,12,13,14);1H. The van der Waals surface area contributed by atoms with Gasteiger partial charge in [-0.2, -0.15) is 0 Å². The van der Waals surface area contributed by atoms with Gasteiger partial charge in [-0.15, -0.1) is 24.0 Å². The second kappa shape index (κ2) is 7.32. The lowest BCUT2D eigenvalue weighted by Crippen LogP contribution is -2.30. The molecule has 0 aliphatic heterocycles. The Morgan fingerprint density at radius 3 is 2.69 bits per heavy atom. The van der Waals surface area contributed by atoms with Crippen molar-refractivity contribution < 1.29 is 0 Å². The number of anilines is 1. The third-order valence-electron chi connectivity index (χ3n) is 2.14. The van der Waals surface area contributed by atoms with E-state index >= 15 is 0 Å². The van der Waals surface area contributed by atoms with Crippen LogP contribution in [-0.4, -0.2) is 27.1 Å². The molecule has 1 aromatic rings. The van der Waals surface area contributed by atoms with Crippen LogP contribution >= 0.6 is 24.0 Å². The Morgan fingerprint density at radius 2 is 2.12 bits per heavy atom. The monoisotopic (exact) mass is 334 g/mol. The van der Waals surface area contributed by atoms with Crippen LogP contribution in [0.1, 0.15) is 5.56 Å². The van der Waals surface area contributed by atoms with E-state index in [0.29, 0.717) is 12.5 Å². The normalized spacial score (nSPS) is 10.6. The topological polar surface area (TPSA) is 53.6 Å². The highest BCUT2D eigenvalue weighted by Crippen LogP contribution is 2.12. The highest BCUT2D eigenvalue weighted by Gasteiger charge is 1.97. The number of guanidine groups is 1. The molecule has 0 radical (unpaired) electrons.